The number of ether oxygens (including phenoxy) is 1. The van der Waals surface area contributed by atoms with E-state index < -0.39 is 0 Å². The van der Waals surface area contributed by atoms with Gasteiger partial charge in [0.1, 0.15) is 0 Å². The van der Waals surface area contributed by atoms with E-state index in [9.17, 15) is 9.90 Å². The minimum absolute atomic E-state index is 0.157. The second-order valence-corrected chi connectivity index (χ2v) is 4.18. The lowest BCUT2D eigenvalue weighted by Gasteiger charge is -2.09. The maximum atomic E-state index is 12.1. The van der Waals surface area contributed by atoms with Gasteiger partial charge < -0.3 is 15.2 Å². The minimum Gasteiger partial charge on any atom is -0.504 e. The highest BCUT2D eigenvalue weighted by atomic mass is 16.5. The largest absolute Gasteiger partial charge is 0.504 e. The Labute approximate surface area is 111 Å². The van der Waals surface area contributed by atoms with Crippen LogP contribution in [0.5, 0.6) is 11.5 Å². The third-order valence-corrected chi connectivity index (χ3v) is 2.74. The molecule has 0 radical (unpaired) electrons. The predicted molar refractivity (Wildman–Crippen MR) is 73.8 cm³/mol. The quantitative estimate of drug-likeness (QED) is 0.888. The molecule has 0 aromatic heterocycles. The Morgan fingerprint density at radius 2 is 1.95 bits per heavy atom. The van der Waals surface area contributed by atoms with Crippen molar-refractivity contribution in [1.29, 1.82) is 0 Å². The van der Waals surface area contributed by atoms with Crippen molar-refractivity contribution in [2.75, 3.05) is 12.4 Å². The van der Waals surface area contributed by atoms with Crippen LogP contribution in [0.3, 0.4) is 0 Å². The molecule has 2 N–H and O–H groups in total. The fourth-order valence-electron chi connectivity index (χ4n) is 1.79. The van der Waals surface area contributed by atoms with Crippen molar-refractivity contribution in [3.8, 4) is 11.5 Å². The number of para-hydroxylation sites is 1. The molecule has 0 aliphatic heterocycles. The van der Waals surface area contributed by atoms with Gasteiger partial charge in [0.15, 0.2) is 11.5 Å². The van der Waals surface area contributed by atoms with Gasteiger partial charge in [-0.05, 0) is 36.8 Å². The average molecular weight is 257 g/mol. The number of hydrogen-bond acceptors (Lipinski definition) is 3. The fourth-order valence-corrected chi connectivity index (χ4v) is 1.79. The van der Waals surface area contributed by atoms with Crippen LogP contribution in [0.15, 0.2) is 42.5 Å². The van der Waals surface area contributed by atoms with Crippen molar-refractivity contribution in [3.63, 3.8) is 0 Å². The van der Waals surface area contributed by atoms with Crippen LogP contribution >= 0.6 is 0 Å². The number of amides is 1. The van der Waals surface area contributed by atoms with Crippen LogP contribution in [-0.2, 0) is 0 Å². The van der Waals surface area contributed by atoms with E-state index in [0.717, 1.165) is 5.56 Å². The van der Waals surface area contributed by atoms with Crippen LogP contribution < -0.4 is 10.1 Å². The molecule has 0 aliphatic carbocycles. The maximum absolute atomic E-state index is 12.1. The molecular weight excluding hydrogens is 242 g/mol. The zero-order valence-corrected chi connectivity index (χ0v) is 10.8. The van der Waals surface area contributed by atoms with Crippen LogP contribution in [0.2, 0.25) is 0 Å². The van der Waals surface area contributed by atoms with E-state index in [4.69, 9.17) is 4.74 Å². The van der Waals surface area contributed by atoms with E-state index in [1.165, 1.54) is 7.11 Å². The third kappa shape index (κ3) is 2.85. The molecule has 0 spiro atoms. The molecule has 2 rings (SSSR count). The number of benzene rings is 2. The Balaban J connectivity index is 2.25. The van der Waals surface area contributed by atoms with Crippen LogP contribution in [-0.4, -0.2) is 18.1 Å². The number of methoxy groups -OCH3 is 1. The summed E-state index contributed by atoms with van der Waals surface area (Å²) in [6, 6.07) is 12.2. The lowest BCUT2D eigenvalue weighted by atomic mass is 10.1. The molecule has 2 aromatic carbocycles. The van der Waals surface area contributed by atoms with Crippen molar-refractivity contribution in [2.24, 2.45) is 0 Å². The predicted octanol–water partition coefficient (Wildman–Crippen LogP) is 2.96. The molecule has 98 valence electrons. The summed E-state index contributed by atoms with van der Waals surface area (Å²) in [5.41, 5.74) is 1.92. The third-order valence-electron chi connectivity index (χ3n) is 2.74. The minimum atomic E-state index is -0.373. The smallest absolute Gasteiger partial charge is 0.259 e. The maximum Gasteiger partial charge on any atom is 0.259 e. The molecule has 4 heteroatoms. The van der Waals surface area contributed by atoms with Gasteiger partial charge in [-0.15, -0.1) is 0 Å². The van der Waals surface area contributed by atoms with Gasteiger partial charge in [0.05, 0.1) is 12.7 Å². The van der Waals surface area contributed by atoms with E-state index >= 15 is 0 Å². The normalized spacial score (nSPS) is 10.0. The highest BCUT2D eigenvalue weighted by Crippen LogP contribution is 2.29. The van der Waals surface area contributed by atoms with Gasteiger partial charge >= 0.3 is 0 Å². The molecule has 0 fully saturated rings. The summed E-state index contributed by atoms with van der Waals surface area (Å²) < 4.78 is 4.98. The topological polar surface area (TPSA) is 58.6 Å². The van der Waals surface area contributed by atoms with Crippen LogP contribution in [0.4, 0.5) is 5.69 Å². The summed E-state index contributed by atoms with van der Waals surface area (Å²) in [6.07, 6.45) is 0. The molecule has 0 heterocycles. The first-order valence-corrected chi connectivity index (χ1v) is 5.86. The molecule has 0 bridgehead atoms. The summed E-state index contributed by atoms with van der Waals surface area (Å²) in [6.45, 7) is 1.94. The molecule has 2 aromatic rings. The molecule has 0 saturated heterocycles. The number of anilines is 1. The number of carbonyl (C=O) groups is 1. The lowest BCUT2D eigenvalue weighted by molar-refractivity contribution is 0.102. The summed E-state index contributed by atoms with van der Waals surface area (Å²) >= 11 is 0. The number of carbonyl (C=O) groups excluding carboxylic acids is 1. The monoisotopic (exact) mass is 257 g/mol. The Bertz CT molecular complexity index is 608. The van der Waals surface area contributed by atoms with Crippen molar-refractivity contribution in [2.45, 2.75) is 6.92 Å². The summed E-state index contributed by atoms with van der Waals surface area (Å²) in [7, 11) is 1.44. The molecule has 4 nitrogen and oxygen atoms in total. The van der Waals surface area contributed by atoms with Gasteiger partial charge in [-0.1, -0.05) is 18.2 Å². The number of phenolic OH excluding ortho intramolecular Hbond substituents is 1. The standard InChI is InChI=1S/C15H15NO3/c1-10-5-3-6-11(9-10)16-15(18)12-7-4-8-13(19-2)14(12)17/h3-9,17H,1-2H3,(H,16,18). The highest BCUT2D eigenvalue weighted by molar-refractivity contribution is 6.06. The highest BCUT2D eigenvalue weighted by Gasteiger charge is 2.14. The molecule has 19 heavy (non-hydrogen) atoms. The zero-order valence-electron chi connectivity index (χ0n) is 10.8. The number of aromatic hydroxyl groups is 1. The Hall–Kier alpha value is -2.49. The molecule has 0 saturated carbocycles. The number of rotatable bonds is 3. The summed E-state index contributed by atoms with van der Waals surface area (Å²) in [4.78, 5) is 12.1. The van der Waals surface area contributed by atoms with Gasteiger partial charge in [-0.25, -0.2) is 0 Å². The van der Waals surface area contributed by atoms with Gasteiger partial charge in [0.25, 0.3) is 5.91 Å². The van der Waals surface area contributed by atoms with Gasteiger partial charge in [-0.3, -0.25) is 4.79 Å². The van der Waals surface area contributed by atoms with Crippen LogP contribution in [0.1, 0.15) is 15.9 Å². The summed E-state index contributed by atoms with van der Waals surface area (Å²) in [5.74, 6) is -0.256. The van der Waals surface area contributed by atoms with Crippen molar-refractivity contribution < 1.29 is 14.6 Å². The van der Waals surface area contributed by atoms with E-state index in [-0.39, 0.29) is 23.0 Å². The van der Waals surface area contributed by atoms with Crippen molar-refractivity contribution in [1.82, 2.24) is 0 Å². The van der Waals surface area contributed by atoms with Gasteiger partial charge in [0.2, 0.25) is 0 Å². The van der Waals surface area contributed by atoms with E-state index in [0.29, 0.717) is 5.69 Å². The first-order valence-electron chi connectivity index (χ1n) is 5.86. The van der Waals surface area contributed by atoms with Crippen LogP contribution in [0, 0.1) is 6.92 Å². The molecule has 0 aliphatic rings. The van der Waals surface area contributed by atoms with Crippen molar-refractivity contribution in [3.05, 3.63) is 53.6 Å². The van der Waals surface area contributed by atoms with E-state index in [1.54, 1.807) is 24.3 Å². The number of aryl methyl sites for hydroxylation is 1. The number of nitrogens with one attached hydrogen (secondary N) is 1. The first kappa shape index (κ1) is 13.0. The number of phenols is 1. The molecule has 0 unspecified atom stereocenters. The van der Waals surface area contributed by atoms with E-state index in [1.807, 2.05) is 25.1 Å². The van der Waals surface area contributed by atoms with Crippen LogP contribution in [0.25, 0.3) is 0 Å². The van der Waals surface area contributed by atoms with Crippen molar-refractivity contribution >= 4 is 11.6 Å². The Morgan fingerprint density at radius 1 is 1.21 bits per heavy atom. The Morgan fingerprint density at radius 3 is 2.63 bits per heavy atom. The Kier molecular flexibility index (Phi) is 3.71. The second kappa shape index (κ2) is 5.44. The second-order valence-electron chi connectivity index (χ2n) is 4.18. The average Bonchev–Trinajstić information content (AvgIpc) is 2.39. The lowest BCUT2D eigenvalue weighted by Crippen LogP contribution is -2.12. The zero-order chi connectivity index (χ0) is 13.8. The fraction of sp³-hybridized carbons (Fsp3) is 0.133. The van der Waals surface area contributed by atoms with Gasteiger partial charge in [0, 0.05) is 5.69 Å². The molecule has 1 amide bonds. The summed E-state index contributed by atoms with van der Waals surface area (Å²) in [5, 5.41) is 12.6. The van der Waals surface area contributed by atoms with E-state index in [2.05, 4.69) is 5.32 Å². The number of hydrogen-bond donors (Lipinski definition) is 2. The first-order chi connectivity index (χ1) is 9.11. The SMILES string of the molecule is COc1cccc(C(=O)Nc2cccc(C)c2)c1O. The molecular formula is C15H15NO3. The van der Waals surface area contributed by atoms with Gasteiger partial charge in [-0.2, -0.15) is 0 Å². The molecule has 0 atom stereocenters.